The Bertz CT molecular complexity index is 385. The van der Waals surface area contributed by atoms with E-state index in [1.165, 1.54) is 18.4 Å². The van der Waals surface area contributed by atoms with Gasteiger partial charge in [0.1, 0.15) is 5.82 Å². The second-order valence-electron chi connectivity index (χ2n) is 6.67. The molecule has 0 heterocycles. The Hall–Kier alpha value is -0.890. The minimum Gasteiger partial charge on any atom is -0.311 e. The molecule has 2 heteroatoms. The van der Waals surface area contributed by atoms with Crippen LogP contribution in [0.2, 0.25) is 0 Å². The van der Waals surface area contributed by atoms with Crippen LogP contribution in [0.15, 0.2) is 24.3 Å². The minimum absolute atomic E-state index is 0.144. The summed E-state index contributed by atoms with van der Waals surface area (Å²) in [5.41, 5.74) is 1.58. The molecule has 1 aromatic rings. The molecule has 1 N–H and O–H groups in total. The third-order valence-electron chi connectivity index (χ3n) is 4.26. The summed E-state index contributed by atoms with van der Waals surface area (Å²) >= 11 is 0. The largest absolute Gasteiger partial charge is 0.311 e. The van der Waals surface area contributed by atoms with Gasteiger partial charge in [-0.3, -0.25) is 0 Å². The molecule has 0 saturated heterocycles. The lowest BCUT2D eigenvalue weighted by molar-refractivity contribution is 0.203. The molecule has 0 radical (unpaired) electrons. The summed E-state index contributed by atoms with van der Waals surface area (Å²) in [7, 11) is 0. The number of benzene rings is 1. The molecule has 2 rings (SSSR count). The maximum absolute atomic E-state index is 12.8. The molecule has 1 unspecified atom stereocenters. The summed E-state index contributed by atoms with van der Waals surface area (Å²) in [6.07, 6.45) is 2.35. The first-order valence-electron chi connectivity index (χ1n) is 6.88. The van der Waals surface area contributed by atoms with Gasteiger partial charge in [-0.15, -0.1) is 0 Å². The van der Waals surface area contributed by atoms with Crippen LogP contribution in [0.4, 0.5) is 4.39 Å². The molecule has 1 atom stereocenters. The fourth-order valence-corrected chi connectivity index (χ4v) is 2.36. The van der Waals surface area contributed by atoms with Gasteiger partial charge in [0.2, 0.25) is 0 Å². The highest BCUT2D eigenvalue weighted by molar-refractivity contribution is 5.23. The van der Waals surface area contributed by atoms with E-state index < -0.39 is 0 Å². The van der Waals surface area contributed by atoms with E-state index in [0.717, 1.165) is 0 Å². The van der Waals surface area contributed by atoms with E-state index in [2.05, 4.69) is 33.0 Å². The Morgan fingerprint density at radius 3 is 2.22 bits per heavy atom. The molecule has 0 aliphatic heterocycles. The zero-order valence-electron chi connectivity index (χ0n) is 11.8. The number of halogens is 1. The number of hydrogen-bond acceptors (Lipinski definition) is 1. The molecule has 1 aliphatic carbocycles. The van der Waals surface area contributed by atoms with Gasteiger partial charge in [-0.2, -0.15) is 0 Å². The van der Waals surface area contributed by atoms with Crippen LogP contribution < -0.4 is 5.32 Å². The molecule has 100 valence electrons. The molecule has 0 bridgehead atoms. The smallest absolute Gasteiger partial charge is 0.123 e. The summed E-state index contributed by atoms with van der Waals surface area (Å²) < 4.78 is 12.8. The summed E-state index contributed by atoms with van der Waals surface area (Å²) in [5, 5.41) is 3.69. The van der Waals surface area contributed by atoms with Crippen molar-refractivity contribution in [3.8, 4) is 0 Å². The van der Waals surface area contributed by atoms with Crippen molar-refractivity contribution < 1.29 is 4.39 Å². The first-order valence-corrected chi connectivity index (χ1v) is 6.88. The molecule has 1 aliphatic rings. The monoisotopic (exact) mass is 249 g/mol. The lowest BCUT2D eigenvalue weighted by Crippen LogP contribution is -2.49. The van der Waals surface area contributed by atoms with Crippen molar-refractivity contribution in [2.75, 3.05) is 0 Å². The summed E-state index contributed by atoms with van der Waals surface area (Å²) in [5.74, 6) is 0.462. The molecule has 0 amide bonds. The quantitative estimate of drug-likeness (QED) is 0.850. The van der Waals surface area contributed by atoms with E-state index in [9.17, 15) is 4.39 Å². The Kier molecular flexibility index (Phi) is 3.76. The van der Waals surface area contributed by atoms with Crippen molar-refractivity contribution in [1.29, 1.82) is 0 Å². The Morgan fingerprint density at radius 2 is 1.72 bits per heavy atom. The molecule has 1 aromatic carbocycles. The standard InChI is InChI=1S/C16H24FN/c1-11(16(2,3)4)18-15-9-13(10-15)12-5-7-14(17)8-6-12/h5-8,11,13,15,18H,9-10H2,1-4H3. The van der Waals surface area contributed by atoms with Crippen molar-refractivity contribution in [1.82, 2.24) is 5.32 Å². The average molecular weight is 249 g/mol. The fraction of sp³-hybridized carbons (Fsp3) is 0.625. The van der Waals surface area contributed by atoms with Gasteiger partial charge in [0.05, 0.1) is 0 Å². The maximum atomic E-state index is 12.8. The van der Waals surface area contributed by atoms with E-state index in [1.54, 1.807) is 12.1 Å². The third kappa shape index (κ3) is 3.11. The molecule has 1 fully saturated rings. The van der Waals surface area contributed by atoms with Crippen LogP contribution in [-0.4, -0.2) is 12.1 Å². The van der Waals surface area contributed by atoms with Crippen molar-refractivity contribution in [2.45, 2.75) is 58.5 Å². The van der Waals surface area contributed by atoms with Crippen LogP contribution in [0.3, 0.4) is 0 Å². The molecule has 0 spiro atoms. The normalized spacial score (nSPS) is 25.6. The number of rotatable bonds is 3. The van der Waals surface area contributed by atoms with Crippen LogP contribution >= 0.6 is 0 Å². The first kappa shape index (κ1) is 13.5. The van der Waals surface area contributed by atoms with E-state index in [1.807, 2.05) is 12.1 Å². The van der Waals surface area contributed by atoms with Gasteiger partial charge < -0.3 is 5.32 Å². The van der Waals surface area contributed by atoms with E-state index in [-0.39, 0.29) is 5.82 Å². The topological polar surface area (TPSA) is 12.0 Å². The Labute approximate surface area is 110 Å². The van der Waals surface area contributed by atoms with Gasteiger partial charge in [0.15, 0.2) is 0 Å². The lowest BCUT2D eigenvalue weighted by atomic mass is 9.74. The molecule has 18 heavy (non-hydrogen) atoms. The fourth-order valence-electron chi connectivity index (χ4n) is 2.36. The van der Waals surface area contributed by atoms with Gasteiger partial charge >= 0.3 is 0 Å². The predicted octanol–water partition coefficient (Wildman–Crippen LogP) is 4.10. The van der Waals surface area contributed by atoms with Crippen molar-refractivity contribution in [3.05, 3.63) is 35.6 Å². The second-order valence-corrected chi connectivity index (χ2v) is 6.67. The van der Waals surface area contributed by atoms with Crippen LogP contribution in [0, 0.1) is 11.2 Å². The summed E-state index contributed by atoms with van der Waals surface area (Å²) in [6, 6.07) is 8.11. The van der Waals surface area contributed by atoms with Crippen molar-refractivity contribution in [3.63, 3.8) is 0 Å². The number of nitrogens with one attached hydrogen (secondary N) is 1. The Morgan fingerprint density at radius 1 is 1.17 bits per heavy atom. The number of hydrogen-bond donors (Lipinski definition) is 1. The highest BCUT2D eigenvalue weighted by Gasteiger charge is 2.33. The highest BCUT2D eigenvalue weighted by Crippen LogP contribution is 2.37. The Balaban J connectivity index is 1.82. The molecular formula is C16H24FN. The van der Waals surface area contributed by atoms with Gasteiger partial charge in [0, 0.05) is 12.1 Å². The van der Waals surface area contributed by atoms with E-state index in [0.29, 0.717) is 23.4 Å². The van der Waals surface area contributed by atoms with Gasteiger partial charge in [-0.25, -0.2) is 4.39 Å². The van der Waals surface area contributed by atoms with Gasteiger partial charge in [-0.05, 0) is 48.8 Å². The second kappa shape index (κ2) is 5.00. The minimum atomic E-state index is -0.144. The lowest BCUT2D eigenvalue weighted by Gasteiger charge is -2.41. The summed E-state index contributed by atoms with van der Waals surface area (Å²) in [4.78, 5) is 0. The summed E-state index contributed by atoms with van der Waals surface area (Å²) in [6.45, 7) is 9.05. The van der Waals surface area contributed by atoms with E-state index >= 15 is 0 Å². The zero-order valence-corrected chi connectivity index (χ0v) is 11.8. The van der Waals surface area contributed by atoms with Crippen molar-refractivity contribution >= 4 is 0 Å². The predicted molar refractivity (Wildman–Crippen MR) is 74.2 cm³/mol. The molecule has 1 saturated carbocycles. The van der Waals surface area contributed by atoms with E-state index in [4.69, 9.17) is 0 Å². The van der Waals surface area contributed by atoms with Crippen LogP contribution in [0.5, 0.6) is 0 Å². The average Bonchev–Trinajstić information content (AvgIpc) is 2.23. The van der Waals surface area contributed by atoms with Crippen molar-refractivity contribution in [2.24, 2.45) is 5.41 Å². The third-order valence-corrected chi connectivity index (χ3v) is 4.26. The molecule has 1 nitrogen and oxygen atoms in total. The van der Waals surface area contributed by atoms with Gasteiger partial charge in [0.25, 0.3) is 0 Å². The molecular weight excluding hydrogens is 225 g/mol. The van der Waals surface area contributed by atoms with Crippen LogP contribution in [0.1, 0.15) is 52.0 Å². The van der Waals surface area contributed by atoms with Crippen LogP contribution in [0.25, 0.3) is 0 Å². The van der Waals surface area contributed by atoms with Crippen LogP contribution in [-0.2, 0) is 0 Å². The first-order chi connectivity index (χ1) is 8.36. The zero-order chi connectivity index (χ0) is 13.3. The highest BCUT2D eigenvalue weighted by atomic mass is 19.1. The maximum Gasteiger partial charge on any atom is 0.123 e. The van der Waals surface area contributed by atoms with Gasteiger partial charge in [-0.1, -0.05) is 32.9 Å². The SMILES string of the molecule is CC(NC1CC(c2ccc(F)cc2)C1)C(C)(C)C. The molecule has 0 aromatic heterocycles.